The maximum Gasteiger partial charge on any atom is 0.347 e. The Balaban J connectivity index is 2.01. The molecule has 0 aromatic heterocycles. The minimum Gasteiger partial charge on any atom is -0.386 e. The van der Waals surface area contributed by atoms with Crippen molar-refractivity contribution in [1.29, 1.82) is 0 Å². The zero-order valence-corrected chi connectivity index (χ0v) is 13.3. The van der Waals surface area contributed by atoms with Crippen molar-refractivity contribution in [3.05, 3.63) is 10.6 Å². The summed E-state index contributed by atoms with van der Waals surface area (Å²) >= 11 is 0. The first-order valence-electron chi connectivity index (χ1n) is 7.13. The second kappa shape index (κ2) is 5.26. The Kier molecular flexibility index (Phi) is 3.80. The van der Waals surface area contributed by atoms with Gasteiger partial charge in [-0.05, 0) is 49.3 Å². The van der Waals surface area contributed by atoms with E-state index in [-0.39, 0.29) is 11.9 Å². The van der Waals surface area contributed by atoms with Gasteiger partial charge in [0.2, 0.25) is 0 Å². The zero-order chi connectivity index (χ0) is 13.6. The molecule has 3 aliphatic heterocycles. The van der Waals surface area contributed by atoms with E-state index in [1.165, 1.54) is 25.7 Å². The minimum absolute atomic E-state index is 0.304. The topological polar surface area (TPSA) is 43.4 Å². The second-order valence-electron chi connectivity index (χ2n) is 5.74. The van der Waals surface area contributed by atoms with Crippen LogP contribution in [0.1, 0.15) is 39.5 Å². The SMILES string of the molecule is CC1CCCP1C1=C(P2CCC[C@H]2C)C(=O)OC1=O. The quantitative estimate of drug-likeness (QED) is 0.444. The van der Waals surface area contributed by atoms with Gasteiger partial charge in [0.25, 0.3) is 0 Å². The van der Waals surface area contributed by atoms with Crippen molar-refractivity contribution in [2.45, 2.75) is 50.8 Å². The van der Waals surface area contributed by atoms with Crippen LogP contribution >= 0.6 is 15.8 Å². The summed E-state index contributed by atoms with van der Waals surface area (Å²) < 4.78 is 4.99. The van der Waals surface area contributed by atoms with Gasteiger partial charge in [-0.2, -0.15) is 0 Å². The summed E-state index contributed by atoms with van der Waals surface area (Å²) in [6.45, 7) is 4.45. The molecule has 0 bridgehead atoms. The molecule has 2 fully saturated rings. The van der Waals surface area contributed by atoms with Crippen LogP contribution in [0.4, 0.5) is 0 Å². The predicted molar refractivity (Wildman–Crippen MR) is 79.1 cm³/mol. The number of hydrogen-bond donors (Lipinski definition) is 0. The monoisotopic (exact) mass is 298 g/mol. The van der Waals surface area contributed by atoms with E-state index in [1.54, 1.807) is 0 Å². The smallest absolute Gasteiger partial charge is 0.347 e. The number of carbonyl (C=O) groups is 2. The number of ether oxygens (including phenoxy) is 1. The van der Waals surface area contributed by atoms with Crippen molar-refractivity contribution in [1.82, 2.24) is 0 Å². The van der Waals surface area contributed by atoms with Crippen molar-refractivity contribution < 1.29 is 14.3 Å². The average Bonchev–Trinajstić information content (AvgIpc) is 3.00. The number of cyclic esters (lactones) is 2. The van der Waals surface area contributed by atoms with Gasteiger partial charge in [0.05, 0.1) is 10.6 Å². The number of esters is 2. The summed E-state index contributed by atoms with van der Waals surface area (Å²) in [6, 6.07) is 0. The van der Waals surface area contributed by atoms with Crippen LogP contribution in [0, 0.1) is 0 Å². The fourth-order valence-corrected chi connectivity index (χ4v) is 9.71. The van der Waals surface area contributed by atoms with E-state index >= 15 is 0 Å². The standard InChI is InChI=1S/C14H20O3P2/c1-9-5-3-7-18(9)11-12(14(16)17-13(11)15)19-8-4-6-10(19)2/h9-10H,3-8H2,1-2H3/t9-,10?,18?,19?/m1/s1. The van der Waals surface area contributed by atoms with Crippen LogP contribution in [-0.2, 0) is 14.3 Å². The summed E-state index contributed by atoms with van der Waals surface area (Å²) in [5, 5.41) is 1.68. The van der Waals surface area contributed by atoms with Gasteiger partial charge >= 0.3 is 11.9 Å². The van der Waals surface area contributed by atoms with Crippen molar-refractivity contribution in [2.24, 2.45) is 0 Å². The van der Waals surface area contributed by atoms with Crippen molar-refractivity contribution in [2.75, 3.05) is 12.3 Å². The van der Waals surface area contributed by atoms with E-state index in [2.05, 4.69) is 13.8 Å². The van der Waals surface area contributed by atoms with E-state index in [0.29, 0.717) is 11.3 Å². The Morgan fingerprint density at radius 1 is 0.895 bits per heavy atom. The molecule has 0 saturated carbocycles. The van der Waals surface area contributed by atoms with E-state index in [4.69, 9.17) is 4.74 Å². The van der Waals surface area contributed by atoms with Crippen LogP contribution < -0.4 is 0 Å². The molecule has 19 heavy (non-hydrogen) atoms. The van der Waals surface area contributed by atoms with Crippen LogP contribution in [0.3, 0.4) is 0 Å². The Bertz CT molecular complexity index is 418. The van der Waals surface area contributed by atoms with Crippen LogP contribution in [0.25, 0.3) is 0 Å². The van der Waals surface area contributed by atoms with Crippen molar-refractivity contribution in [3.63, 3.8) is 0 Å². The highest BCUT2D eigenvalue weighted by Crippen LogP contribution is 2.66. The molecule has 0 aromatic rings. The Morgan fingerprint density at radius 2 is 1.32 bits per heavy atom. The number of carbonyl (C=O) groups excluding carboxylic acids is 2. The fraction of sp³-hybridized carbons (Fsp3) is 0.714. The first kappa shape index (κ1) is 13.7. The van der Waals surface area contributed by atoms with Gasteiger partial charge < -0.3 is 4.74 Å². The average molecular weight is 298 g/mol. The van der Waals surface area contributed by atoms with E-state index in [0.717, 1.165) is 23.0 Å². The third-order valence-corrected chi connectivity index (χ3v) is 10.9. The highest BCUT2D eigenvalue weighted by Gasteiger charge is 2.45. The Morgan fingerprint density at radius 3 is 1.63 bits per heavy atom. The van der Waals surface area contributed by atoms with Crippen LogP contribution in [-0.4, -0.2) is 35.6 Å². The molecule has 0 spiro atoms. The molecule has 0 aliphatic carbocycles. The lowest BCUT2D eigenvalue weighted by atomic mass is 10.3. The minimum atomic E-state index is -0.447. The van der Waals surface area contributed by atoms with E-state index in [1.807, 2.05) is 0 Å². The molecule has 5 heteroatoms. The molecule has 4 atom stereocenters. The van der Waals surface area contributed by atoms with Gasteiger partial charge in [-0.1, -0.05) is 29.7 Å². The summed E-state index contributed by atoms with van der Waals surface area (Å²) in [6.07, 6.45) is 6.98. The lowest BCUT2D eigenvalue weighted by Gasteiger charge is -2.20. The van der Waals surface area contributed by atoms with Gasteiger partial charge in [-0.3, -0.25) is 0 Å². The number of hydrogen-bond acceptors (Lipinski definition) is 3. The zero-order valence-electron chi connectivity index (χ0n) is 11.5. The fourth-order valence-electron chi connectivity index (χ4n) is 3.41. The predicted octanol–water partition coefficient (Wildman–Crippen LogP) is 3.61. The maximum atomic E-state index is 12.1. The molecule has 2 saturated heterocycles. The molecule has 0 amide bonds. The van der Waals surface area contributed by atoms with Crippen molar-refractivity contribution in [3.8, 4) is 0 Å². The second-order valence-corrected chi connectivity index (χ2v) is 11.2. The molecule has 0 N–H and O–H groups in total. The third kappa shape index (κ3) is 2.30. The molecule has 0 aromatic carbocycles. The molecule has 3 heterocycles. The first-order chi connectivity index (χ1) is 9.09. The van der Waals surface area contributed by atoms with E-state index in [9.17, 15) is 9.59 Å². The normalized spacial score (nSPS) is 39.3. The van der Waals surface area contributed by atoms with Crippen LogP contribution in [0.15, 0.2) is 10.6 Å². The molecule has 0 radical (unpaired) electrons. The molecule has 3 nitrogen and oxygen atoms in total. The largest absolute Gasteiger partial charge is 0.386 e. The van der Waals surface area contributed by atoms with Gasteiger partial charge in [-0.15, -0.1) is 0 Å². The Labute approximate surface area is 116 Å². The molecule has 3 unspecified atom stereocenters. The molecule has 3 aliphatic rings. The molecule has 104 valence electrons. The van der Waals surface area contributed by atoms with Crippen molar-refractivity contribution >= 4 is 27.8 Å². The lowest BCUT2D eigenvalue weighted by Crippen LogP contribution is -2.04. The summed E-state index contributed by atoms with van der Waals surface area (Å²) in [7, 11) is -0.895. The van der Waals surface area contributed by atoms with Gasteiger partial charge in [-0.25, -0.2) is 9.59 Å². The highest BCUT2D eigenvalue weighted by atomic mass is 31.1. The third-order valence-electron chi connectivity index (χ3n) is 4.48. The van der Waals surface area contributed by atoms with Gasteiger partial charge in [0.15, 0.2) is 0 Å². The summed E-state index contributed by atoms with van der Waals surface area (Å²) in [4.78, 5) is 24.2. The Hall–Kier alpha value is -0.260. The summed E-state index contributed by atoms with van der Waals surface area (Å²) in [5.74, 6) is -0.608. The molecular formula is C14H20O3P2. The maximum absolute atomic E-state index is 12.1. The first-order valence-corrected chi connectivity index (χ1v) is 10.3. The lowest BCUT2D eigenvalue weighted by molar-refractivity contribution is -0.150. The molecular weight excluding hydrogens is 278 g/mol. The number of rotatable bonds is 2. The summed E-state index contributed by atoms with van der Waals surface area (Å²) in [5.41, 5.74) is 1.15. The van der Waals surface area contributed by atoms with Gasteiger partial charge in [0.1, 0.15) is 0 Å². The highest BCUT2D eigenvalue weighted by molar-refractivity contribution is 7.69. The van der Waals surface area contributed by atoms with Crippen LogP contribution in [0.2, 0.25) is 0 Å². The van der Waals surface area contributed by atoms with Gasteiger partial charge in [0, 0.05) is 0 Å². The van der Waals surface area contributed by atoms with E-state index < -0.39 is 15.8 Å². The van der Waals surface area contributed by atoms with Crippen LogP contribution in [0.5, 0.6) is 0 Å². The molecule has 3 rings (SSSR count).